The highest BCUT2D eigenvalue weighted by molar-refractivity contribution is 7.85. The van der Waals surface area contributed by atoms with E-state index in [1.54, 1.807) is 12.1 Å². The quantitative estimate of drug-likeness (QED) is 0.902. The number of rotatable bonds is 4. The van der Waals surface area contributed by atoms with Gasteiger partial charge < -0.3 is 5.11 Å². The van der Waals surface area contributed by atoms with Gasteiger partial charge in [0.2, 0.25) is 0 Å². The van der Waals surface area contributed by atoms with Crippen LogP contribution in [0, 0.1) is 0 Å². The minimum Gasteiger partial charge on any atom is -0.388 e. The number of carbonyl (C=O) groups excluding carboxylic acids is 1. The van der Waals surface area contributed by atoms with Crippen molar-refractivity contribution in [2.45, 2.75) is 30.8 Å². The van der Waals surface area contributed by atoms with Gasteiger partial charge in [-0.05, 0) is 24.1 Å². The van der Waals surface area contributed by atoms with E-state index in [-0.39, 0.29) is 18.0 Å². The molecule has 0 bridgehead atoms. The van der Waals surface area contributed by atoms with Crippen molar-refractivity contribution >= 4 is 16.6 Å². The van der Waals surface area contributed by atoms with Crippen LogP contribution < -0.4 is 0 Å². The number of benzene rings is 1. The summed E-state index contributed by atoms with van der Waals surface area (Å²) >= 11 is 0. The molecular weight excluding hydrogens is 248 g/mol. The highest BCUT2D eigenvalue weighted by Gasteiger charge is 2.30. The van der Waals surface area contributed by atoms with Gasteiger partial charge in [-0.15, -0.1) is 0 Å². The molecule has 0 saturated heterocycles. The molecule has 0 aromatic heterocycles. The SMILES string of the molecule is CCC1=C(CS(=O)c2ccccc2)C(=O)CC1O. The summed E-state index contributed by atoms with van der Waals surface area (Å²) in [5.74, 6) is 0.145. The Labute approximate surface area is 109 Å². The van der Waals surface area contributed by atoms with Crippen LogP contribution in [0.2, 0.25) is 0 Å². The first kappa shape index (κ1) is 13.2. The lowest BCUT2D eigenvalue weighted by molar-refractivity contribution is -0.115. The fourth-order valence-electron chi connectivity index (χ4n) is 2.21. The highest BCUT2D eigenvalue weighted by atomic mass is 32.2. The third-order valence-corrected chi connectivity index (χ3v) is 4.52. The van der Waals surface area contributed by atoms with Crippen molar-refractivity contribution in [1.82, 2.24) is 0 Å². The lowest BCUT2D eigenvalue weighted by Gasteiger charge is -2.07. The smallest absolute Gasteiger partial charge is 0.162 e. The maximum absolute atomic E-state index is 12.2. The molecule has 1 aliphatic rings. The second-order valence-electron chi connectivity index (χ2n) is 4.30. The van der Waals surface area contributed by atoms with Crippen molar-refractivity contribution < 1.29 is 14.1 Å². The number of carbonyl (C=O) groups is 1. The summed E-state index contributed by atoms with van der Waals surface area (Å²) in [4.78, 5) is 12.5. The van der Waals surface area contributed by atoms with Crippen LogP contribution in [0.3, 0.4) is 0 Å². The normalized spacial score (nSPS) is 21.4. The third-order valence-electron chi connectivity index (χ3n) is 3.17. The predicted molar refractivity (Wildman–Crippen MR) is 70.7 cm³/mol. The average Bonchev–Trinajstić information content (AvgIpc) is 2.64. The number of aliphatic hydroxyl groups excluding tert-OH is 1. The first-order valence-electron chi connectivity index (χ1n) is 6.00. The number of ketones is 1. The van der Waals surface area contributed by atoms with E-state index in [0.717, 1.165) is 10.5 Å². The molecule has 4 heteroatoms. The fourth-order valence-corrected chi connectivity index (χ4v) is 3.45. The lowest BCUT2D eigenvalue weighted by atomic mass is 10.1. The zero-order valence-electron chi connectivity index (χ0n) is 10.3. The van der Waals surface area contributed by atoms with E-state index in [9.17, 15) is 14.1 Å². The first-order chi connectivity index (χ1) is 8.63. The zero-order valence-corrected chi connectivity index (χ0v) is 11.1. The van der Waals surface area contributed by atoms with Gasteiger partial charge in [-0.25, -0.2) is 0 Å². The Morgan fingerprint density at radius 1 is 1.33 bits per heavy atom. The van der Waals surface area contributed by atoms with E-state index < -0.39 is 16.9 Å². The van der Waals surface area contributed by atoms with Crippen molar-refractivity contribution in [1.29, 1.82) is 0 Å². The molecule has 0 saturated carbocycles. The van der Waals surface area contributed by atoms with Crippen LogP contribution >= 0.6 is 0 Å². The molecule has 1 aliphatic carbocycles. The van der Waals surface area contributed by atoms with Gasteiger partial charge in [-0.1, -0.05) is 25.1 Å². The summed E-state index contributed by atoms with van der Waals surface area (Å²) in [7, 11) is -1.22. The minimum absolute atomic E-state index is 0.0661. The average molecular weight is 264 g/mol. The summed E-state index contributed by atoms with van der Waals surface area (Å²) in [6.07, 6.45) is 0.101. The fraction of sp³-hybridized carbons (Fsp3) is 0.357. The summed E-state index contributed by atoms with van der Waals surface area (Å²) in [5, 5.41) is 9.74. The topological polar surface area (TPSA) is 54.4 Å². The van der Waals surface area contributed by atoms with Crippen LogP contribution in [0.1, 0.15) is 19.8 Å². The van der Waals surface area contributed by atoms with Gasteiger partial charge in [0.25, 0.3) is 0 Å². The Kier molecular flexibility index (Phi) is 4.09. The van der Waals surface area contributed by atoms with Crippen molar-refractivity contribution in [3.05, 3.63) is 41.5 Å². The van der Waals surface area contributed by atoms with Crippen molar-refractivity contribution in [3.63, 3.8) is 0 Å². The molecule has 0 heterocycles. The number of Topliss-reactive ketones (excluding diaryl/α,β-unsaturated/α-hetero) is 1. The maximum Gasteiger partial charge on any atom is 0.162 e. The molecule has 2 rings (SSSR count). The molecule has 3 nitrogen and oxygen atoms in total. The Balaban J connectivity index is 2.21. The molecule has 1 aromatic rings. The van der Waals surface area contributed by atoms with Gasteiger partial charge >= 0.3 is 0 Å². The van der Waals surface area contributed by atoms with Crippen molar-refractivity contribution in [2.75, 3.05) is 5.75 Å². The molecule has 1 aromatic carbocycles. The van der Waals surface area contributed by atoms with E-state index in [0.29, 0.717) is 12.0 Å². The van der Waals surface area contributed by atoms with Crippen LogP contribution in [0.25, 0.3) is 0 Å². The maximum atomic E-state index is 12.2. The van der Waals surface area contributed by atoms with E-state index in [2.05, 4.69) is 0 Å². The lowest BCUT2D eigenvalue weighted by Crippen LogP contribution is -2.07. The van der Waals surface area contributed by atoms with Crippen LogP contribution in [-0.4, -0.2) is 27.0 Å². The van der Waals surface area contributed by atoms with Crippen LogP contribution in [0.4, 0.5) is 0 Å². The summed E-state index contributed by atoms with van der Waals surface area (Å²) in [6.45, 7) is 1.91. The summed E-state index contributed by atoms with van der Waals surface area (Å²) in [5.41, 5.74) is 1.32. The molecule has 18 heavy (non-hydrogen) atoms. The zero-order chi connectivity index (χ0) is 13.1. The van der Waals surface area contributed by atoms with Crippen LogP contribution in [0.5, 0.6) is 0 Å². The Morgan fingerprint density at radius 3 is 2.61 bits per heavy atom. The van der Waals surface area contributed by atoms with Gasteiger partial charge in [0.15, 0.2) is 5.78 Å². The predicted octanol–water partition coefficient (Wildman–Crippen LogP) is 1.83. The van der Waals surface area contributed by atoms with E-state index >= 15 is 0 Å². The van der Waals surface area contributed by atoms with Crippen LogP contribution in [-0.2, 0) is 15.6 Å². The van der Waals surface area contributed by atoms with Gasteiger partial charge in [0, 0.05) is 16.9 Å². The first-order valence-corrected chi connectivity index (χ1v) is 7.32. The monoisotopic (exact) mass is 264 g/mol. The Morgan fingerprint density at radius 2 is 2.00 bits per heavy atom. The molecule has 0 aliphatic heterocycles. The largest absolute Gasteiger partial charge is 0.388 e. The van der Waals surface area contributed by atoms with Crippen molar-refractivity contribution in [2.24, 2.45) is 0 Å². The molecule has 0 spiro atoms. The molecule has 0 radical (unpaired) electrons. The van der Waals surface area contributed by atoms with Gasteiger partial charge in [0.1, 0.15) is 0 Å². The molecule has 1 N–H and O–H groups in total. The number of aliphatic hydroxyl groups is 1. The van der Waals surface area contributed by atoms with E-state index in [1.165, 1.54) is 0 Å². The van der Waals surface area contributed by atoms with Gasteiger partial charge in [-0.3, -0.25) is 9.00 Å². The summed E-state index contributed by atoms with van der Waals surface area (Å²) in [6, 6.07) is 9.10. The standard InChI is InChI=1S/C14H16O3S/c1-2-11-12(14(16)8-13(11)15)9-18(17)10-6-4-3-5-7-10/h3-7,13,15H,2,8-9H2,1H3. The number of hydrogen-bond donors (Lipinski definition) is 1. The van der Waals surface area contributed by atoms with E-state index in [1.807, 2.05) is 25.1 Å². The molecule has 96 valence electrons. The van der Waals surface area contributed by atoms with Crippen molar-refractivity contribution in [3.8, 4) is 0 Å². The Bertz CT molecular complexity index is 505. The second-order valence-corrected chi connectivity index (χ2v) is 5.75. The van der Waals surface area contributed by atoms with E-state index in [4.69, 9.17) is 0 Å². The van der Waals surface area contributed by atoms with Crippen LogP contribution in [0.15, 0.2) is 46.4 Å². The number of hydrogen-bond acceptors (Lipinski definition) is 3. The summed E-state index contributed by atoms with van der Waals surface area (Å²) < 4.78 is 12.2. The third kappa shape index (κ3) is 2.60. The van der Waals surface area contributed by atoms with Gasteiger partial charge in [-0.2, -0.15) is 0 Å². The highest BCUT2D eigenvalue weighted by Crippen LogP contribution is 2.27. The Hall–Kier alpha value is -1.26. The molecule has 0 fully saturated rings. The molecule has 0 amide bonds. The second kappa shape index (κ2) is 5.59. The minimum atomic E-state index is -1.22. The molecule has 2 atom stereocenters. The molecule has 2 unspecified atom stereocenters. The van der Waals surface area contributed by atoms with Gasteiger partial charge in [0.05, 0.1) is 22.7 Å². The molecular formula is C14H16O3S.